The number of carbonyl (C=O) groups excluding carboxylic acids is 4. The van der Waals surface area contributed by atoms with Gasteiger partial charge in [-0.25, -0.2) is 10.2 Å². The van der Waals surface area contributed by atoms with Crippen LogP contribution in [0.1, 0.15) is 103 Å². The maximum absolute atomic E-state index is 14.4. The van der Waals surface area contributed by atoms with Crippen molar-refractivity contribution in [3.8, 4) is 5.75 Å². The topological polar surface area (TPSA) is 135 Å². The summed E-state index contributed by atoms with van der Waals surface area (Å²) in [5.74, 6) is -0.972. The second-order valence-electron chi connectivity index (χ2n) is 17.1. The molecule has 0 radical (unpaired) electrons. The first kappa shape index (κ1) is 41.6. The molecular weight excluding hydrogens is 689 g/mol. The lowest BCUT2D eigenvalue weighted by Gasteiger charge is -2.37. The number of rotatable bonds is 12. The molecule has 0 spiro atoms. The summed E-state index contributed by atoms with van der Waals surface area (Å²) in [5, 5.41) is 7.02. The van der Waals surface area contributed by atoms with Crippen molar-refractivity contribution >= 4 is 38.3 Å². The molecule has 3 N–H and O–H groups in total. The predicted molar refractivity (Wildman–Crippen MR) is 209 cm³/mol. The van der Waals surface area contributed by atoms with Gasteiger partial charge < -0.3 is 24.5 Å². The fraction of sp³-hybridized carbons (Fsp3) is 0.561. The van der Waals surface area contributed by atoms with Crippen LogP contribution >= 0.6 is 0 Å². The highest BCUT2D eigenvalue weighted by atomic mass is 28.4. The summed E-state index contributed by atoms with van der Waals surface area (Å²) in [7, 11) is -2.16. The number of amides is 3. The van der Waals surface area contributed by atoms with Crippen LogP contribution < -0.4 is 20.5 Å². The number of fused-ring (bicyclic) bond motifs is 1. The zero-order valence-corrected chi connectivity index (χ0v) is 34.3. The van der Waals surface area contributed by atoms with Crippen molar-refractivity contribution in [3.63, 3.8) is 0 Å². The third kappa shape index (κ3) is 11.2. The second kappa shape index (κ2) is 16.9. The number of esters is 1. The van der Waals surface area contributed by atoms with Gasteiger partial charge in [-0.1, -0.05) is 71.5 Å². The van der Waals surface area contributed by atoms with Gasteiger partial charge in [0, 0.05) is 13.0 Å². The van der Waals surface area contributed by atoms with Gasteiger partial charge in [0.25, 0.3) is 5.91 Å². The normalized spacial score (nSPS) is 18.7. The number of nitrogens with one attached hydrogen (secondary N) is 3. The Bertz CT molecular complexity index is 1660. The van der Waals surface area contributed by atoms with E-state index in [1.807, 2.05) is 50.2 Å². The molecule has 0 unspecified atom stereocenters. The van der Waals surface area contributed by atoms with Crippen molar-refractivity contribution in [2.45, 2.75) is 135 Å². The Morgan fingerprint density at radius 3 is 2.38 bits per heavy atom. The molecule has 53 heavy (non-hydrogen) atoms. The van der Waals surface area contributed by atoms with Gasteiger partial charge in [-0.2, -0.15) is 0 Å². The van der Waals surface area contributed by atoms with Crippen LogP contribution in [-0.2, 0) is 36.7 Å². The SMILES string of the molecule is C=Cc1ccc2c(c1)[C@H](OC(=O)[C@@H]1CCCN(C(=O)[C@H](Cc3cccc(O[Si](C)(C)C(C)(C)C)c3)NC(=O)[C@@H](NC(=O)OC(C)(C)C)C(C)C)N1)CC2. The van der Waals surface area contributed by atoms with E-state index < -0.39 is 55.9 Å². The van der Waals surface area contributed by atoms with E-state index in [0.29, 0.717) is 31.6 Å². The first-order valence-corrected chi connectivity index (χ1v) is 21.7. The van der Waals surface area contributed by atoms with Crippen LogP contribution in [0.5, 0.6) is 5.75 Å². The van der Waals surface area contributed by atoms with Crippen LogP contribution in [0.2, 0.25) is 18.1 Å². The maximum atomic E-state index is 14.4. The summed E-state index contributed by atoms with van der Waals surface area (Å²) in [6.45, 7) is 23.9. The van der Waals surface area contributed by atoms with E-state index in [1.165, 1.54) is 5.01 Å². The van der Waals surface area contributed by atoms with E-state index in [2.05, 4.69) is 62.6 Å². The summed E-state index contributed by atoms with van der Waals surface area (Å²) in [4.78, 5) is 54.5. The molecule has 290 valence electrons. The fourth-order valence-electron chi connectivity index (χ4n) is 6.21. The van der Waals surface area contributed by atoms with Crippen molar-refractivity contribution in [1.29, 1.82) is 0 Å². The predicted octanol–water partition coefficient (Wildman–Crippen LogP) is 7.02. The molecule has 12 heteroatoms. The molecule has 1 aliphatic heterocycles. The molecule has 4 atom stereocenters. The lowest BCUT2D eigenvalue weighted by Crippen LogP contribution is -2.62. The third-order valence-electron chi connectivity index (χ3n) is 10.2. The van der Waals surface area contributed by atoms with Crippen molar-refractivity contribution in [1.82, 2.24) is 21.1 Å². The van der Waals surface area contributed by atoms with Crippen molar-refractivity contribution < 1.29 is 33.1 Å². The Kier molecular flexibility index (Phi) is 13.2. The van der Waals surface area contributed by atoms with Gasteiger partial charge in [0.05, 0.1) is 0 Å². The Balaban J connectivity index is 1.55. The molecule has 2 aliphatic rings. The smallest absolute Gasteiger partial charge is 0.408 e. The highest BCUT2D eigenvalue weighted by molar-refractivity contribution is 6.74. The van der Waals surface area contributed by atoms with Gasteiger partial charge in [-0.05, 0) is 111 Å². The fourth-order valence-corrected chi connectivity index (χ4v) is 7.23. The molecular formula is C41H60N4O7Si. The van der Waals surface area contributed by atoms with Crippen molar-refractivity contribution in [2.75, 3.05) is 6.54 Å². The van der Waals surface area contributed by atoms with Crippen LogP contribution in [0.3, 0.4) is 0 Å². The molecule has 11 nitrogen and oxygen atoms in total. The molecule has 4 rings (SSSR count). The number of hydrogen-bond donors (Lipinski definition) is 3. The number of nitrogens with zero attached hydrogens (tertiary/aromatic N) is 1. The van der Waals surface area contributed by atoms with E-state index >= 15 is 0 Å². The average Bonchev–Trinajstić information content (AvgIpc) is 3.46. The summed E-state index contributed by atoms with van der Waals surface area (Å²) < 4.78 is 18.0. The molecule has 0 aromatic heterocycles. The molecule has 2 aromatic carbocycles. The minimum atomic E-state index is -2.16. The zero-order chi connectivity index (χ0) is 39.3. The molecule has 1 heterocycles. The Morgan fingerprint density at radius 1 is 1.02 bits per heavy atom. The highest BCUT2D eigenvalue weighted by Crippen LogP contribution is 2.38. The van der Waals surface area contributed by atoms with Crippen LogP contribution in [0.25, 0.3) is 6.08 Å². The minimum absolute atomic E-state index is 0.0181. The molecule has 1 fully saturated rings. The first-order valence-electron chi connectivity index (χ1n) is 18.8. The second-order valence-corrected chi connectivity index (χ2v) is 21.8. The lowest BCUT2D eigenvalue weighted by atomic mass is 10.0. The largest absolute Gasteiger partial charge is 0.543 e. The van der Waals surface area contributed by atoms with Gasteiger partial charge in [0.15, 0.2) is 0 Å². The number of hydrazine groups is 1. The van der Waals surface area contributed by atoms with Crippen molar-refractivity contribution in [2.24, 2.45) is 5.92 Å². The van der Waals surface area contributed by atoms with Gasteiger partial charge in [0.2, 0.25) is 14.2 Å². The number of aryl methyl sites for hydroxylation is 1. The van der Waals surface area contributed by atoms with Gasteiger partial charge >= 0.3 is 12.1 Å². The zero-order valence-electron chi connectivity index (χ0n) is 33.3. The Labute approximate surface area is 316 Å². The van der Waals surface area contributed by atoms with E-state index in [-0.39, 0.29) is 23.5 Å². The summed E-state index contributed by atoms with van der Waals surface area (Å²) >= 11 is 0. The van der Waals surface area contributed by atoms with E-state index in [9.17, 15) is 19.2 Å². The summed E-state index contributed by atoms with van der Waals surface area (Å²) in [6.07, 6.45) is 3.38. The summed E-state index contributed by atoms with van der Waals surface area (Å²) in [5.41, 5.74) is 6.25. The van der Waals surface area contributed by atoms with Crippen molar-refractivity contribution in [3.05, 3.63) is 71.3 Å². The quantitative estimate of drug-likeness (QED) is 0.156. The van der Waals surface area contributed by atoms with Gasteiger partial charge in [-0.3, -0.25) is 19.4 Å². The minimum Gasteiger partial charge on any atom is -0.543 e. The molecule has 1 aliphatic carbocycles. The van der Waals surface area contributed by atoms with E-state index in [1.54, 1.807) is 26.8 Å². The van der Waals surface area contributed by atoms with E-state index in [4.69, 9.17) is 13.9 Å². The average molecular weight is 749 g/mol. The lowest BCUT2D eigenvalue weighted by molar-refractivity contribution is -0.157. The van der Waals surface area contributed by atoms with Crippen LogP contribution in [0.15, 0.2) is 49.0 Å². The highest BCUT2D eigenvalue weighted by Gasteiger charge is 2.40. The molecule has 0 saturated carbocycles. The number of hydrogen-bond acceptors (Lipinski definition) is 8. The number of ether oxygens (including phenoxy) is 2. The van der Waals surface area contributed by atoms with Gasteiger partial charge in [0.1, 0.15) is 35.6 Å². The van der Waals surface area contributed by atoms with Crippen LogP contribution in [0.4, 0.5) is 4.79 Å². The Morgan fingerprint density at radius 2 is 1.74 bits per heavy atom. The molecule has 1 saturated heterocycles. The number of alkyl carbamates (subject to hydrolysis) is 1. The van der Waals surface area contributed by atoms with Crippen LogP contribution in [-0.4, -0.2) is 67.5 Å². The number of benzene rings is 2. The molecule has 2 aromatic rings. The first-order chi connectivity index (χ1) is 24.7. The van der Waals surface area contributed by atoms with E-state index in [0.717, 1.165) is 28.7 Å². The maximum Gasteiger partial charge on any atom is 0.408 e. The molecule has 0 bridgehead atoms. The number of carbonyl (C=O) groups is 4. The van der Waals surface area contributed by atoms with Gasteiger partial charge in [-0.15, -0.1) is 0 Å². The molecule has 3 amide bonds. The summed E-state index contributed by atoms with van der Waals surface area (Å²) in [6, 6.07) is 10.9. The monoisotopic (exact) mass is 748 g/mol. The Hall–Kier alpha value is -4.16. The third-order valence-corrected chi connectivity index (χ3v) is 14.5. The van der Waals surface area contributed by atoms with Crippen LogP contribution in [0, 0.1) is 5.92 Å². The standard InChI is InChI=1S/C41H60N4O7Si/c1-12-27-18-19-29-20-21-34(31(29)24-27)50-38(48)32-17-14-22-45(44-32)37(47)33(42-36(46)35(26(2)3)43-39(49)51-40(4,5)6)25-28-15-13-16-30(23-28)52-53(10,11)41(7,8)9/h12-13,15-16,18-19,23-24,26,32-35,44H,1,14,17,20-22,25H2,2-11H3,(H,42,46)(H,43,49)/t32-,33-,34+,35-/m0/s1.